The van der Waals surface area contributed by atoms with Crippen LogP contribution in [0.5, 0.6) is 0 Å². The second-order valence-corrected chi connectivity index (χ2v) is 10.6. The molecule has 4 fully saturated rings. The van der Waals surface area contributed by atoms with E-state index in [-0.39, 0.29) is 17.5 Å². The van der Waals surface area contributed by atoms with Gasteiger partial charge in [-0.1, -0.05) is 36.4 Å². The predicted octanol–water partition coefficient (Wildman–Crippen LogP) is 6.18. The van der Waals surface area contributed by atoms with Crippen molar-refractivity contribution in [3.8, 4) is 0 Å². The maximum atomic E-state index is 14.2. The maximum Gasteiger partial charge on any atom is 0.233 e. The van der Waals surface area contributed by atoms with Crippen LogP contribution in [0.3, 0.4) is 0 Å². The summed E-state index contributed by atoms with van der Waals surface area (Å²) in [6, 6.07) is 19.5. The Hall–Kier alpha value is -2.29. The molecule has 3 nitrogen and oxygen atoms in total. The average molecular weight is 401 g/mol. The molecule has 4 saturated carbocycles. The zero-order valence-corrected chi connectivity index (χ0v) is 17.9. The van der Waals surface area contributed by atoms with Crippen LogP contribution in [0, 0.1) is 23.2 Å². The molecule has 0 spiro atoms. The van der Waals surface area contributed by atoms with Crippen LogP contribution in [0.15, 0.2) is 54.6 Å². The summed E-state index contributed by atoms with van der Waals surface area (Å²) in [5.41, 5.74) is 3.45. The molecule has 1 amide bonds. The Kier molecular flexibility index (Phi) is 4.23. The molecular weight excluding hydrogens is 368 g/mol. The van der Waals surface area contributed by atoms with E-state index in [0.29, 0.717) is 5.91 Å². The van der Waals surface area contributed by atoms with Crippen molar-refractivity contribution in [2.24, 2.45) is 23.2 Å². The fraction of sp³-hybridized carbons (Fsp3) is 0.519. The fourth-order valence-electron chi connectivity index (χ4n) is 7.62. The minimum atomic E-state index is -0.0875. The van der Waals surface area contributed by atoms with Crippen molar-refractivity contribution in [3.05, 3.63) is 60.2 Å². The number of nitrogens with one attached hydrogen (secondary N) is 1. The molecule has 1 heterocycles. The lowest BCUT2D eigenvalue weighted by atomic mass is 9.49. The lowest BCUT2D eigenvalue weighted by Gasteiger charge is -2.57. The number of carbonyl (C=O) groups excluding carboxylic acids is 1. The molecule has 1 aliphatic heterocycles. The lowest BCUT2D eigenvalue weighted by molar-refractivity contribution is -0.144. The summed E-state index contributed by atoms with van der Waals surface area (Å²) in [6.45, 7) is 2.24. The topological polar surface area (TPSA) is 32.3 Å². The van der Waals surface area contributed by atoms with Gasteiger partial charge in [-0.3, -0.25) is 4.79 Å². The van der Waals surface area contributed by atoms with Gasteiger partial charge < -0.3 is 10.2 Å². The number of para-hydroxylation sites is 2. The van der Waals surface area contributed by atoms with Crippen LogP contribution in [-0.2, 0) is 4.79 Å². The van der Waals surface area contributed by atoms with E-state index in [1.165, 1.54) is 24.8 Å². The number of fused-ring (bicyclic) bond motifs is 1. The number of hydrogen-bond acceptors (Lipinski definition) is 2. The Labute approximate surface area is 179 Å². The van der Waals surface area contributed by atoms with Crippen LogP contribution >= 0.6 is 0 Å². The smallest absolute Gasteiger partial charge is 0.233 e. The third-order valence-corrected chi connectivity index (χ3v) is 8.41. The van der Waals surface area contributed by atoms with E-state index in [0.717, 1.165) is 54.8 Å². The molecule has 4 bridgehead atoms. The largest absolute Gasteiger partial charge is 0.378 e. The number of anilines is 2. The Morgan fingerprint density at radius 2 is 1.47 bits per heavy atom. The fourth-order valence-corrected chi connectivity index (χ4v) is 7.62. The van der Waals surface area contributed by atoms with E-state index < -0.39 is 0 Å². The zero-order valence-electron chi connectivity index (χ0n) is 17.9. The van der Waals surface area contributed by atoms with E-state index >= 15 is 0 Å². The normalized spacial score (nSPS) is 36.4. The molecule has 156 valence electrons. The highest BCUT2D eigenvalue weighted by Crippen LogP contribution is 2.61. The second kappa shape index (κ2) is 6.87. The second-order valence-electron chi connectivity index (χ2n) is 10.6. The maximum absolute atomic E-state index is 14.2. The first kappa shape index (κ1) is 18.5. The van der Waals surface area contributed by atoms with Crippen molar-refractivity contribution in [1.29, 1.82) is 0 Å². The molecule has 0 aromatic heterocycles. The van der Waals surface area contributed by atoms with Gasteiger partial charge in [-0.2, -0.15) is 0 Å². The first-order valence-corrected chi connectivity index (χ1v) is 11.9. The molecule has 3 heteroatoms. The molecule has 4 aliphatic carbocycles. The van der Waals surface area contributed by atoms with Crippen molar-refractivity contribution < 1.29 is 4.79 Å². The molecule has 1 N–H and O–H groups in total. The van der Waals surface area contributed by atoms with Crippen molar-refractivity contribution >= 4 is 17.3 Å². The molecule has 0 radical (unpaired) electrons. The number of amides is 1. The van der Waals surface area contributed by atoms with Crippen LogP contribution in [0.4, 0.5) is 11.4 Å². The quantitative estimate of drug-likeness (QED) is 0.667. The summed E-state index contributed by atoms with van der Waals surface area (Å²) in [4.78, 5) is 16.4. The van der Waals surface area contributed by atoms with E-state index in [4.69, 9.17) is 0 Å². The van der Waals surface area contributed by atoms with Gasteiger partial charge in [0.25, 0.3) is 0 Å². The van der Waals surface area contributed by atoms with Gasteiger partial charge in [0.2, 0.25) is 5.91 Å². The Bertz CT molecular complexity index is 917. The van der Waals surface area contributed by atoms with E-state index in [2.05, 4.69) is 71.7 Å². The number of benzene rings is 2. The lowest BCUT2D eigenvalue weighted by Crippen LogP contribution is -2.57. The SMILES string of the molecule is C[C@H]1C[C@@H](Nc2ccccc2)c2ccccc2N1C(=O)C12CC3CC(CC(C3)C1)C2. The first-order valence-electron chi connectivity index (χ1n) is 11.9. The van der Waals surface area contributed by atoms with Crippen LogP contribution in [0.2, 0.25) is 0 Å². The van der Waals surface area contributed by atoms with Crippen LogP contribution in [-0.4, -0.2) is 11.9 Å². The molecule has 7 rings (SSSR count). The Balaban J connectivity index is 1.34. The Morgan fingerprint density at radius 3 is 2.13 bits per heavy atom. The van der Waals surface area contributed by atoms with Crippen LogP contribution in [0.1, 0.15) is 63.5 Å². The van der Waals surface area contributed by atoms with Crippen LogP contribution in [0.25, 0.3) is 0 Å². The summed E-state index contributed by atoms with van der Waals surface area (Å²) < 4.78 is 0. The van der Waals surface area contributed by atoms with Gasteiger partial charge >= 0.3 is 0 Å². The van der Waals surface area contributed by atoms with Crippen LogP contribution < -0.4 is 10.2 Å². The van der Waals surface area contributed by atoms with Gasteiger partial charge in [0, 0.05) is 17.4 Å². The van der Waals surface area contributed by atoms with Crippen molar-refractivity contribution in [2.45, 2.75) is 64.0 Å². The van der Waals surface area contributed by atoms with Gasteiger partial charge in [0.15, 0.2) is 0 Å². The number of nitrogens with zero attached hydrogens (tertiary/aromatic N) is 1. The van der Waals surface area contributed by atoms with Gasteiger partial charge in [-0.15, -0.1) is 0 Å². The monoisotopic (exact) mass is 400 g/mol. The molecule has 30 heavy (non-hydrogen) atoms. The minimum Gasteiger partial charge on any atom is -0.378 e. The number of rotatable bonds is 3. The van der Waals surface area contributed by atoms with E-state index in [9.17, 15) is 4.79 Å². The van der Waals surface area contributed by atoms with E-state index in [1.807, 2.05) is 0 Å². The summed E-state index contributed by atoms with van der Waals surface area (Å²) in [7, 11) is 0. The number of carbonyl (C=O) groups is 1. The molecule has 2 aromatic rings. The van der Waals surface area contributed by atoms with Gasteiger partial charge in [-0.05, 0) is 93.4 Å². The summed E-state index contributed by atoms with van der Waals surface area (Å²) in [6.07, 6.45) is 8.48. The summed E-state index contributed by atoms with van der Waals surface area (Å²) in [5.74, 6) is 2.81. The first-order chi connectivity index (χ1) is 14.6. The number of hydrogen-bond donors (Lipinski definition) is 1. The Morgan fingerprint density at radius 1 is 0.867 bits per heavy atom. The van der Waals surface area contributed by atoms with E-state index in [1.54, 1.807) is 0 Å². The van der Waals surface area contributed by atoms with Gasteiger partial charge in [0.05, 0.1) is 11.5 Å². The molecule has 0 unspecified atom stereocenters. The molecule has 5 aliphatic rings. The zero-order chi connectivity index (χ0) is 20.3. The summed E-state index contributed by atoms with van der Waals surface area (Å²) >= 11 is 0. The predicted molar refractivity (Wildman–Crippen MR) is 121 cm³/mol. The molecular formula is C27H32N2O. The standard InChI is InChI=1S/C27H32N2O/c1-18-11-24(28-22-7-3-2-4-8-22)23-9-5-6-10-25(23)29(18)26(30)27-15-19-12-20(16-27)14-21(13-19)17-27/h2-10,18-21,24,28H,11-17H2,1H3/t18-,19?,20?,21?,24+,27?/m0/s1. The highest BCUT2D eigenvalue weighted by Gasteiger charge is 2.56. The summed E-state index contributed by atoms with van der Waals surface area (Å²) in [5, 5.41) is 3.72. The third-order valence-electron chi connectivity index (χ3n) is 8.41. The minimum absolute atomic E-state index is 0.0875. The van der Waals surface area contributed by atoms with Crippen molar-refractivity contribution in [1.82, 2.24) is 0 Å². The molecule has 0 saturated heterocycles. The molecule has 2 atom stereocenters. The van der Waals surface area contributed by atoms with Crippen molar-refractivity contribution in [3.63, 3.8) is 0 Å². The molecule has 2 aromatic carbocycles. The van der Waals surface area contributed by atoms with Gasteiger partial charge in [0.1, 0.15) is 0 Å². The highest BCUT2D eigenvalue weighted by atomic mass is 16.2. The van der Waals surface area contributed by atoms with Crippen molar-refractivity contribution in [2.75, 3.05) is 10.2 Å². The average Bonchev–Trinajstić information content (AvgIpc) is 2.73. The highest BCUT2D eigenvalue weighted by molar-refractivity contribution is 5.99. The third kappa shape index (κ3) is 2.89. The van der Waals surface area contributed by atoms with Gasteiger partial charge in [-0.25, -0.2) is 0 Å².